The van der Waals surface area contributed by atoms with E-state index in [2.05, 4.69) is 19.9 Å². The Labute approximate surface area is 157 Å². The predicted molar refractivity (Wildman–Crippen MR) is 104 cm³/mol. The average Bonchev–Trinajstić information content (AvgIpc) is 3.20. The largest absolute Gasteiger partial charge is 0.306 e. The molecule has 8 heteroatoms. The molecule has 4 rings (SSSR count). The number of aromatic amines is 1. The van der Waals surface area contributed by atoms with Gasteiger partial charge in [-0.2, -0.15) is 5.10 Å². The zero-order valence-corrected chi connectivity index (χ0v) is 16.0. The lowest BCUT2D eigenvalue weighted by molar-refractivity contribution is 0.600. The number of hydrogen-bond acceptors (Lipinski definition) is 4. The molecule has 27 heavy (non-hydrogen) atoms. The van der Waals surface area contributed by atoms with Crippen LogP contribution in [0, 0.1) is 20.8 Å². The molecule has 0 saturated carbocycles. The van der Waals surface area contributed by atoms with Crippen molar-refractivity contribution in [1.29, 1.82) is 0 Å². The Hall–Kier alpha value is -3.13. The summed E-state index contributed by atoms with van der Waals surface area (Å²) >= 11 is 0. The van der Waals surface area contributed by atoms with Crippen molar-refractivity contribution < 1.29 is 8.42 Å². The maximum atomic E-state index is 12.6. The normalized spacial score (nSPS) is 11.8. The van der Waals surface area contributed by atoms with Gasteiger partial charge in [0.05, 0.1) is 17.1 Å². The van der Waals surface area contributed by atoms with Gasteiger partial charge in [-0.1, -0.05) is 18.2 Å². The van der Waals surface area contributed by atoms with E-state index in [0.29, 0.717) is 17.1 Å². The predicted octanol–water partition coefficient (Wildman–Crippen LogP) is 3.45. The molecular weight excluding hydrogens is 362 g/mol. The van der Waals surface area contributed by atoms with Gasteiger partial charge >= 0.3 is 0 Å². The Morgan fingerprint density at radius 2 is 1.81 bits per heavy atom. The first-order valence-corrected chi connectivity index (χ1v) is 9.92. The van der Waals surface area contributed by atoms with Gasteiger partial charge in [0.15, 0.2) is 0 Å². The fourth-order valence-electron chi connectivity index (χ4n) is 3.14. The third-order valence-electron chi connectivity index (χ3n) is 4.44. The highest BCUT2D eigenvalue weighted by Crippen LogP contribution is 2.25. The van der Waals surface area contributed by atoms with Crippen molar-refractivity contribution >= 4 is 21.4 Å². The molecule has 0 aliphatic heterocycles. The lowest BCUT2D eigenvalue weighted by Gasteiger charge is -2.08. The number of nitrogens with zero attached hydrogens (tertiary/aromatic N) is 3. The van der Waals surface area contributed by atoms with Gasteiger partial charge in [0.2, 0.25) is 0 Å². The Morgan fingerprint density at radius 3 is 2.44 bits per heavy atom. The van der Waals surface area contributed by atoms with Crippen LogP contribution in [0.15, 0.2) is 53.7 Å². The van der Waals surface area contributed by atoms with Gasteiger partial charge in [0, 0.05) is 23.6 Å². The number of aromatic nitrogens is 4. The van der Waals surface area contributed by atoms with Crippen LogP contribution < -0.4 is 4.72 Å². The second-order valence-electron chi connectivity index (χ2n) is 6.49. The van der Waals surface area contributed by atoms with Gasteiger partial charge in [-0.15, -0.1) is 0 Å². The van der Waals surface area contributed by atoms with Gasteiger partial charge in [-0.3, -0.25) is 9.82 Å². The summed E-state index contributed by atoms with van der Waals surface area (Å²) in [5, 5.41) is 6.65. The maximum Gasteiger partial charge on any atom is 0.265 e. The molecule has 4 aromatic rings. The highest BCUT2D eigenvalue weighted by molar-refractivity contribution is 7.92. The van der Waals surface area contributed by atoms with Crippen molar-refractivity contribution in [2.45, 2.75) is 25.7 Å². The van der Waals surface area contributed by atoms with E-state index in [1.54, 1.807) is 26.0 Å². The molecule has 0 unspecified atom stereocenters. The fraction of sp³-hybridized carbons (Fsp3) is 0.158. The molecule has 0 fully saturated rings. The second kappa shape index (κ2) is 6.24. The van der Waals surface area contributed by atoms with E-state index in [1.807, 2.05) is 48.0 Å². The molecule has 7 nitrogen and oxygen atoms in total. The lowest BCUT2D eigenvalue weighted by atomic mass is 10.1. The number of benzene rings is 1. The van der Waals surface area contributed by atoms with Crippen LogP contribution in [-0.2, 0) is 10.0 Å². The third-order valence-corrected chi connectivity index (χ3v) is 6.08. The van der Waals surface area contributed by atoms with Crippen LogP contribution in [0.1, 0.15) is 17.0 Å². The number of nitrogens with one attached hydrogen (secondary N) is 2. The molecule has 0 saturated heterocycles. The number of aryl methyl sites for hydroxylation is 3. The van der Waals surface area contributed by atoms with Crippen LogP contribution in [0.4, 0.5) is 5.69 Å². The maximum absolute atomic E-state index is 12.6. The van der Waals surface area contributed by atoms with E-state index in [9.17, 15) is 8.42 Å². The van der Waals surface area contributed by atoms with Crippen molar-refractivity contribution in [3.8, 4) is 11.3 Å². The number of rotatable bonds is 4. The minimum Gasteiger partial charge on any atom is -0.306 e. The summed E-state index contributed by atoms with van der Waals surface area (Å²) in [6, 6.07) is 11.2. The minimum atomic E-state index is -3.70. The average molecular weight is 381 g/mol. The molecule has 0 amide bonds. The van der Waals surface area contributed by atoms with Gasteiger partial charge in [-0.25, -0.2) is 13.4 Å². The third kappa shape index (κ3) is 3.08. The number of H-pyrrole nitrogens is 1. The smallest absolute Gasteiger partial charge is 0.265 e. The van der Waals surface area contributed by atoms with E-state index in [0.717, 1.165) is 22.5 Å². The highest BCUT2D eigenvalue weighted by atomic mass is 32.2. The van der Waals surface area contributed by atoms with Crippen LogP contribution >= 0.6 is 0 Å². The summed E-state index contributed by atoms with van der Waals surface area (Å²) < 4.78 is 29.8. The summed E-state index contributed by atoms with van der Waals surface area (Å²) in [4.78, 5) is 4.85. The molecule has 0 spiro atoms. The zero-order valence-electron chi connectivity index (χ0n) is 15.2. The monoisotopic (exact) mass is 381 g/mol. The minimum absolute atomic E-state index is 0.183. The van der Waals surface area contributed by atoms with E-state index in [-0.39, 0.29) is 4.90 Å². The highest BCUT2D eigenvalue weighted by Gasteiger charge is 2.22. The van der Waals surface area contributed by atoms with E-state index >= 15 is 0 Å². The molecule has 138 valence electrons. The van der Waals surface area contributed by atoms with Gasteiger partial charge in [0.25, 0.3) is 10.0 Å². The Morgan fingerprint density at radius 1 is 1.07 bits per heavy atom. The first-order valence-electron chi connectivity index (χ1n) is 8.44. The van der Waals surface area contributed by atoms with E-state index < -0.39 is 10.0 Å². The Balaban J connectivity index is 1.63. The molecule has 2 N–H and O–H groups in total. The number of pyridine rings is 1. The molecule has 3 heterocycles. The van der Waals surface area contributed by atoms with E-state index in [4.69, 9.17) is 0 Å². The fourth-order valence-corrected chi connectivity index (χ4v) is 4.58. The number of fused-ring (bicyclic) bond motifs is 1. The molecular formula is C19H19N5O2S. The molecule has 0 atom stereocenters. The van der Waals surface area contributed by atoms with Crippen molar-refractivity contribution in [2.75, 3.05) is 4.72 Å². The molecule has 1 aromatic carbocycles. The summed E-state index contributed by atoms with van der Waals surface area (Å²) in [5.74, 6) is 0. The SMILES string of the molecule is Cc1n[nH]c(C)c1S(=O)(=O)Nc1ccc(-c2cn3cccc(C)c3n2)cc1. The standard InChI is InChI=1S/C19H19N5O2S/c1-12-5-4-10-24-11-17(20-19(12)24)15-6-8-16(9-7-15)23-27(25,26)18-13(2)21-22-14(18)3/h4-11,23H,1-3H3,(H,21,22). The van der Waals surface area contributed by atoms with Crippen molar-refractivity contribution in [2.24, 2.45) is 0 Å². The number of sulfonamides is 1. The van der Waals surface area contributed by atoms with Crippen molar-refractivity contribution in [1.82, 2.24) is 19.6 Å². The van der Waals surface area contributed by atoms with Crippen LogP contribution in [0.25, 0.3) is 16.9 Å². The van der Waals surface area contributed by atoms with Gasteiger partial charge in [0.1, 0.15) is 10.5 Å². The molecule has 3 aromatic heterocycles. The summed E-state index contributed by atoms with van der Waals surface area (Å²) in [7, 11) is -3.70. The van der Waals surface area contributed by atoms with Crippen LogP contribution in [0.2, 0.25) is 0 Å². The van der Waals surface area contributed by atoms with Crippen LogP contribution in [0.3, 0.4) is 0 Å². The first kappa shape index (κ1) is 17.3. The van der Waals surface area contributed by atoms with Crippen LogP contribution in [-0.4, -0.2) is 28.0 Å². The molecule has 0 bridgehead atoms. The van der Waals surface area contributed by atoms with Gasteiger partial charge < -0.3 is 4.40 Å². The first-order chi connectivity index (χ1) is 12.8. The summed E-state index contributed by atoms with van der Waals surface area (Å²) in [6.07, 6.45) is 3.91. The number of hydrogen-bond donors (Lipinski definition) is 2. The summed E-state index contributed by atoms with van der Waals surface area (Å²) in [6.45, 7) is 5.36. The quantitative estimate of drug-likeness (QED) is 0.566. The topological polar surface area (TPSA) is 92.1 Å². The number of imidazole rings is 1. The van der Waals surface area contributed by atoms with Gasteiger partial charge in [-0.05, 0) is 44.5 Å². The Kier molecular flexibility index (Phi) is 4.00. The zero-order chi connectivity index (χ0) is 19.2. The van der Waals surface area contributed by atoms with Crippen molar-refractivity contribution in [3.05, 3.63) is 65.7 Å². The molecule has 0 aliphatic carbocycles. The summed E-state index contributed by atoms with van der Waals surface area (Å²) in [5.41, 5.74) is 5.19. The Bertz CT molecular complexity index is 1220. The van der Waals surface area contributed by atoms with Crippen LogP contribution in [0.5, 0.6) is 0 Å². The lowest BCUT2D eigenvalue weighted by Crippen LogP contribution is -2.14. The van der Waals surface area contributed by atoms with Crippen molar-refractivity contribution in [3.63, 3.8) is 0 Å². The van der Waals surface area contributed by atoms with E-state index in [1.165, 1.54) is 0 Å². The molecule has 0 aliphatic rings. The second-order valence-corrected chi connectivity index (χ2v) is 8.11. The number of anilines is 1. The molecule has 0 radical (unpaired) electrons.